The minimum Gasteiger partial charge on any atom is -0.355 e. The van der Waals surface area contributed by atoms with Crippen LogP contribution in [0.4, 0.5) is 5.69 Å². The van der Waals surface area contributed by atoms with Crippen molar-refractivity contribution >= 4 is 29.3 Å². The Morgan fingerprint density at radius 2 is 1.86 bits per heavy atom. The van der Waals surface area contributed by atoms with Crippen LogP contribution in [0.3, 0.4) is 0 Å². The molecule has 1 aromatic rings. The lowest BCUT2D eigenvalue weighted by Crippen LogP contribution is -2.33. The highest BCUT2D eigenvalue weighted by Gasteiger charge is 2.14. The van der Waals surface area contributed by atoms with E-state index in [1.165, 1.54) is 11.8 Å². The number of carbonyl (C=O) groups excluding carboxylic acids is 2. The zero-order valence-corrected chi connectivity index (χ0v) is 14.3. The van der Waals surface area contributed by atoms with E-state index in [1.54, 1.807) is 0 Å². The van der Waals surface area contributed by atoms with E-state index < -0.39 is 0 Å². The van der Waals surface area contributed by atoms with Gasteiger partial charge in [-0.3, -0.25) is 9.59 Å². The molecule has 0 radical (unpaired) electrons. The average molecular weight is 323 g/mol. The SMILES string of the molecule is CNCCCNC(=O)C(C)SCC(=O)Nc1ccc(C)cc1. The van der Waals surface area contributed by atoms with Crippen molar-refractivity contribution in [1.82, 2.24) is 10.6 Å². The maximum Gasteiger partial charge on any atom is 0.234 e. The van der Waals surface area contributed by atoms with Crippen LogP contribution in [-0.2, 0) is 9.59 Å². The number of thioether (sulfide) groups is 1. The van der Waals surface area contributed by atoms with Gasteiger partial charge in [0.1, 0.15) is 0 Å². The largest absolute Gasteiger partial charge is 0.355 e. The molecule has 1 unspecified atom stereocenters. The Hall–Kier alpha value is -1.53. The Balaban J connectivity index is 2.24. The summed E-state index contributed by atoms with van der Waals surface area (Å²) >= 11 is 1.34. The minimum atomic E-state index is -0.238. The van der Waals surface area contributed by atoms with Crippen LogP contribution in [0, 0.1) is 6.92 Å². The van der Waals surface area contributed by atoms with Crippen LogP contribution < -0.4 is 16.0 Å². The lowest BCUT2D eigenvalue weighted by atomic mass is 10.2. The quantitative estimate of drug-likeness (QED) is 0.606. The fourth-order valence-corrected chi connectivity index (χ4v) is 2.44. The van der Waals surface area contributed by atoms with Gasteiger partial charge in [0.2, 0.25) is 11.8 Å². The van der Waals surface area contributed by atoms with Gasteiger partial charge in [-0.25, -0.2) is 0 Å². The first kappa shape index (κ1) is 18.5. The third-order valence-corrected chi connectivity index (χ3v) is 4.21. The summed E-state index contributed by atoms with van der Waals surface area (Å²) in [5, 5.41) is 8.48. The van der Waals surface area contributed by atoms with Crippen molar-refractivity contribution in [2.45, 2.75) is 25.5 Å². The molecule has 6 heteroatoms. The van der Waals surface area contributed by atoms with E-state index in [0.717, 1.165) is 24.2 Å². The van der Waals surface area contributed by atoms with Gasteiger partial charge in [0.05, 0.1) is 11.0 Å². The monoisotopic (exact) mass is 323 g/mol. The second kappa shape index (κ2) is 10.2. The number of carbonyl (C=O) groups is 2. The van der Waals surface area contributed by atoms with Crippen LogP contribution in [0.1, 0.15) is 18.9 Å². The van der Waals surface area contributed by atoms with E-state index in [-0.39, 0.29) is 22.8 Å². The van der Waals surface area contributed by atoms with Gasteiger partial charge < -0.3 is 16.0 Å². The molecule has 0 bridgehead atoms. The van der Waals surface area contributed by atoms with Crippen LogP contribution in [0.2, 0.25) is 0 Å². The summed E-state index contributed by atoms with van der Waals surface area (Å²) in [4.78, 5) is 23.7. The molecule has 0 saturated carbocycles. The molecule has 3 N–H and O–H groups in total. The van der Waals surface area contributed by atoms with Gasteiger partial charge in [0.25, 0.3) is 0 Å². The van der Waals surface area contributed by atoms with E-state index in [0.29, 0.717) is 6.54 Å². The molecule has 122 valence electrons. The standard InChI is InChI=1S/C16H25N3O2S/c1-12-5-7-14(8-6-12)19-15(20)11-22-13(2)16(21)18-10-4-9-17-3/h5-8,13,17H,4,9-11H2,1-3H3,(H,18,21)(H,19,20). The van der Waals surface area contributed by atoms with Crippen molar-refractivity contribution in [3.05, 3.63) is 29.8 Å². The molecule has 0 aliphatic rings. The topological polar surface area (TPSA) is 70.2 Å². The molecule has 2 amide bonds. The minimum absolute atomic E-state index is 0.0239. The Labute approximate surface area is 136 Å². The van der Waals surface area contributed by atoms with Crippen molar-refractivity contribution in [2.75, 3.05) is 31.2 Å². The van der Waals surface area contributed by atoms with Crippen LogP contribution in [0.25, 0.3) is 0 Å². The first-order valence-electron chi connectivity index (χ1n) is 7.43. The molecule has 0 aromatic heterocycles. The number of hydrogen-bond donors (Lipinski definition) is 3. The Bertz CT molecular complexity index is 477. The van der Waals surface area contributed by atoms with Gasteiger partial charge in [-0.05, 0) is 46.0 Å². The fraction of sp³-hybridized carbons (Fsp3) is 0.500. The third kappa shape index (κ3) is 7.47. The molecule has 5 nitrogen and oxygen atoms in total. The van der Waals surface area contributed by atoms with E-state index in [1.807, 2.05) is 45.2 Å². The molecule has 1 rings (SSSR count). The molecule has 0 aliphatic heterocycles. The number of benzene rings is 1. The highest BCUT2D eigenvalue weighted by molar-refractivity contribution is 8.01. The van der Waals surface area contributed by atoms with Crippen molar-refractivity contribution in [1.29, 1.82) is 0 Å². The third-order valence-electron chi connectivity index (χ3n) is 3.07. The van der Waals surface area contributed by atoms with E-state index in [2.05, 4.69) is 16.0 Å². The van der Waals surface area contributed by atoms with Gasteiger partial charge in [-0.15, -0.1) is 11.8 Å². The van der Waals surface area contributed by atoms with Crippen LogP contribution in [-0.4, -0.2) is 43.0 Å². The maximum absolute atomic E-state index is 11.9. The van der Waals surface area contributed by atoms with Gasteiger partial charge in [0, 0.05) is 12.2 Å². The van der Waals surface area contributed by atoms with Crippen molar-refractivity contribution in [3.8, 4) is 0 Å². The average Bonchev–Trinajstić information content (AvgIpc) is 2.51. The van der Waals surface area contributed by atoms with Gasteiger partial charge >= 0.3 is 0 Å². The van der Waals surface area contributed by atoms with E-state index >= 15 is 0 Å². The van der Waals surface area contributed by atoms with Crippen molar-refractivity contribution in [3.63, 3.8) is 0 Å². The predicted octanol–water partition coefficient (Wildman–Crippen LogP) is 1.78. The number of amides is 2. The van der Waals surface area contributed by atoms with Crippen LogP contribution >= 0.6 is 11.8 Å². The number of nitrogens with one attached hydrogen (secondary N) is 3. The second-order valence-electron chi connectivity index (χ2n) is 5.12. The Morgan fingerprint density at radius 1 is 1.18 bits per heavy atom. The Morgan fingerprint density at radius 3 is 2.50 bits per heavy atom. The van der Waals surface area contributed by atoms with Crippen molar-refractivity contribution < 1.29 is 9.59 Å². The molecular weight excluding hydrogens is 298 g/mol. The first-order valence-corrected chi connectivity index (χ1v) is 8.48. The second-order valence-corrected chi connectivity index (χ2v) is 6.44. The van der Waals surface area contributed by atoms with Crippen LogP contribution in [0.5, 0.6) is 0 Å². The smallest absolute Gasteiger partial charge is 0.234 e. The van der Waals surface area contributed by atoms with Crippen LogP contribution in [0.15, 0.2) is 24.3 Å². The summed E-state index contributed by atoms with van der Waals surface area (Å²) in [7, 11) is 1.88. The predicted molar refractivity (Wildman–Crippen MR) is 93.3 cm³/mol. The molecule has 1 atom stereocenters. The maximum atomic E-state index is 11.9. The molecule has 0 spiro atoms. The van der Waals surface area contributed by atoms with Gasteiger partial charge in [-0.1, -0.05) is 17.7 Å². The summed E-state index contributed by atoms with van der Waals surface area (Å²) in [6.45, 7) is 5.34. The summed E-state index contributed by atoms with van der Waals surface area (Å²) in [6.07, 6.45) is 0.896. The van der Waals surface area contributed by atoms with E-state index in [4.69, 9.17) is 0 Å². The molecule has 22 heavy (non-hydrogen) atoms. The molecule has 1 aromatic carbocycles. The van der Waals surface area contributed by atoms with E-state index in [9.17, 15) is 9.59 Å². The lowest BCUT2D eigenvalue weighted by Gasteiger charge is -2.12. The highest BCUT2D eigenvalue weighted by atomic mass is 32.2. The molecule has 0 saturated heterocycles. The summed E-state index contributed by atoms with van der Waals surface area (Å²) in [5.74, 6) is 0.145. The summed E-state index contributed by atoms with van der Waals surface area (Å²) in [6, 6.07) is 7.64. The normalized spacial score (nSPS) is 11.8. The van der Waals surface area contributed by atoms with Crippen molar-refractivity contribution in [2.24, 2.45) is 0 Å². The Kier molecular flexibility index (Phi) is 8.62. The summed E-state index contributed by atoms with van der Waals surface area (Å²) in [5.41, 5.74) is 1.93. The van der Waals surface area contributed by atoms with Gasteiger partial charge in [-0.2, -0.15) is 0 Å². The zero-order chi connectivity index (χ0) is 16.4. The van der Waals surface area contributed by atoms with Gasteiger partial charge in [0.15, 0.2) is 0 Å². The lowest BCUT2D eigenvalue weighted by molar-refractivity contribution is -0.120. The molecular formula is C16H25N3O2S. The number of aryl methyl sites for hydroxylation is 1. The summed E-state index contributed by atoms with van der Waals surface area (Å²) < 4.78 is 0. The molecule has 0 aliphatic carbocycles. The first-order chi connectivity index (χ1) is 10.5. The molecule has 0 heterocycles. The highest BCUT2D eigenvalue weighted by Crippen LogP contribution is 2.13. The zero-order valence-electron chi connectivity index (χ0n) is 13.4. The molecule has 0 fully saturated rings. The number of rotatable bonds is 9. The number of anilines is 1. The fourth-order valence-electron chi connectivity index (χ4n) is 1.73. The number of hydrogen-bond acceptors (Lipinski definition) is 4.